The molecular formula is C10H21NOS. The molecule has 78 valence electrons. The van der Waals surface area contributed by atoms with Gasteiger partial charge in [-0.1, -0.05) is 13.8 Å². The average molecular weight is 203 g/mol. The number of rotatable bonds is 7. The first kappa shape index (κ1) is 11.3. The molecule has 0 unspecified atom stereocenters. The summed E-state index contributed by atoms with van der Waals surface area (Å²) in [7, 11) is 0. The Morgan fingerprint density at radius 2 is 2.23 bits per heavy atom. The van der Waals surface area contributed by atoms with Crippen LogP contribution in [0, 0.1) is 5.41 Å². The fraction of sp³-hybridized carbons (Fsp3) is 1.00. The Morgan fingerprint density at radius 1 is 1.46 bits per heavy atom. The Labute approximate surface area is 85.8 Å². The standard InChI is InChI=1S/C10H21NOS/c1-3-13-6-4-5-11-7-10(2)8-12-9-10/h11H,3-9H2,1-2H3. The Balaban J connectivity index is 1.83. The van der Waals surface area contributed by atoms with Crippen LogP contribution in [0.25, 0.3) is 0 Å². The van der Waals surface area contributed by atoms with Crippen molar-refractivity contribution in [1.82, 2.24) is 5.32 Å². The van der Waals surface area contributed by atoms with E-state index in [-0.39, 0.29) is 0 Å². The van der Waals surface area contributed by atoms with Gasteiger partial charge in [0.25, 0.3) is 0 Å². The summed E-state index contributed by atoms with van der Waals surface area (Å²) in [6.07, 6.45) is 1.29. The van der Waals surface area contributed by atoms with Crippen LogP contribution in [-0.2, 0) is 4.74 Å². The predicted molar refractivity (Wildman–Crippen MR) is 59.4 cm³/mol. The fourth-order valence-electron chi connectivity index (χ4n) is 1.39. The molecule has 1 heterocycles. The van der Waals surface area contributed by atoms with Crippen LogP contribution in [0.5, 0.6) is 0 Å². The number of thioether (sulfide) groups is 1. The van der Waals surface area contributed by atoms with Crippen LogP contribution in [0.2, 0.25) is 0 Å². The summed E-state index contributed by atoms with van der Waals surface area (Å²) in [5, 5.41) is 3.49. The summed E-state index contributed by atoms with van der Waals surface area (Å²) in [4.78, 5) is 0. The van der Waals surface area contributed by atoms with Crippen LogP contribution in [0.15, 0.2) is 0 Å². The molecule has 0 radical (unpaired) electrons. The largest absolute Gasteiger partial charge is 0.380 e. The van der Waals surface area contributed by atoms with Crippen molar-refractivity contribution < 1.29 is 4.74 Å². The van der Waals surface area contributed by atoms with Crippen molar-refractivity contribution in [3.63, 3.8) is 0 Å². The van der Waals surface area contributed by atoms with Gasteiger partial charge in [0.05, 0.1) is 13.2 Å². The molecule has 0 amide bonds. The predicted octanol–water partition coefficient (Wildman–Crippen LogP) is 1.76. The minimum atomic E-state index is 0.428. The van der Waals surface area contributed by atoms with E-state index < -0.39 is 0 Å². The Bertz CT molecular complexity index is 137. The van der Waals surface area contributed by atoms with E-state index in [4.69, 9.17) is 4.74 Å². The van der Waals surface area contributed by atoms with Crippen molar-refractivity contribution in [2.24, 2.45) is 5.41 Å². The molecule has 0 bridgehead atoms. The van der Waals surface area contributed by atoms with Crippen LogP contribution in [-0.4, -0.2) is 37.8 Å². The molecule has 1 fully saturated rings. The minimum Gasteiger partial charge on any atom is -0.380 e. The molecule has 0 aromatic rings. The maximum atomic E-state index is 5.19. The van der Waals surface area contributed by atoms with Gasteiger partial charge >= 0.3 is 0 Å². The molecule has 0 aromatic heterocycles. The first-order valence-corrected chi connectivity index (χ1v) is 6.28. The van der Waals surface area contributed by atoms with Crippen LogP contribution >= 0.6 is 11.8 Å². The molecule has 1 saturated heterocycles. The zero-order valence-electron chi connectivity index (χ0n) is 8.77. The van der Waals surface area contributed by atoms with Gasteiger partial charge in [-0.2, -0.15) is 11.8 Å². The highest BCUT2D eigenvalue weighted by Gasteiger charge is 2.32. The zero-order valence-corrected chi connectivity index (χ0v) is 9.58. The molecule has 0 atom stereocenters. The monoisotopic (exact) mass is 203 g/mol. The lowest BCUT2D eigenvalue weighted by atomic mass is 9.89. The zero-order chi connectivity index (χ0) is 9.57. The van der Waals surface area contributed by atoms with E-state index in [1.807, 2.05) is 11.8 Å². The maximum absolute atomic E-state index is 5.19. The van der Waals surface area contributed by atoms with Crippen LogP contribution in [0.4, 0.5) is 0 Å². The van der Waals surface area contributed by atoms with Gasteiger partial charge < -0.3 is 10.1 Å². The lowest BCUT2D eigenvalue weighted by Gasteiger charge is -2.38. The van der Waals surface area contributed by atoms with E-state index >= 15 is 0 Å². The number of hydrogen-bond donors (Lipinski definition) is 1. The smallest absolute Gasteiger partial charge is 0.0554 e. The number of ether oxygens (including phenoxy) is 1. The lowest BCUT2D eigenvalue weighted by Crippen LogP contribution is -2.47. The molecule has 0 spiro atoms. The molecule has 3 heteroatoms. The van der Waals surface area contributed by atoms with Gasteiger partial charge in [-0.15, -0.1) is 0 Å². The second kappa shape index (κ2) is 5.89. The quantitative estimate of drug-likeness (QED) is 0.637. The summed E-state index contributed by atoms with van der Waals surface area (Å²) in [5.74, 6) is 2.53. The lowest BCUT2D eigenvalue weighted by molar-refractivity contribution is -0.0988. The van der Waals surface area contributed by atoms with E-state index in [1.165, 1.54) is 17.9 Å². The van der Waals surface area contributed by atoms with Crippen LogP contribution in [0.1, 0.15) is 20.3 Å². The van der Waals surface area contributed by atoms with Gasteiger partial charge in [0.2, 0.25) is 0 Å². The van der Waals surface area contributed by atoms with Gasteiger partial charge in [-0.3, -0.25) is 0 Å². The Morgan fingerprint density at radius 3 is 2.77 bits per heavy atom. The normalized spacial score (nSPS) is 19.8. The van der Waals surface area contributed by atoms with E-state index in [1.54, 1.807) is 0 Å². The molecule has 1 aliphatic heterocycles. The summed E-state index contributed by atoms with van der Waals surface area (Å²) in [6.45, 7) is 8.63. The molecular weight excluding hydrogens is 182 g/mol. The first-order valence-electron chi connectivity index (χ1n) is 5.13. The van der Waals surface area contributed by atoms with Gasteiger partial charge in [-0.05, 0) is 24.5 Å². The number of nitrogens with one attached hydrogen (secondary N) is 1. The van der Waals surface area contributed by atoms with Crippen molar-refractivity contribution in [2.75, 3.05) is 37.8 Å². The summed E-state index contributed by atoms with van der Waals surface area (Å²) in [6, 6.07) is 0. The second-order valence-corrected chi connectivity index (χ2v) is 5.42. The highest BCUT2D eigenvalue weighted by molar-refractivity contribution is 7.99. The van der Waals surface area contributed by atoms with Crippen molar-refractivity contribution in [2.45, 2.75) is 20.3 Å². The minimum absolute atomic E-state index is 0.428. The SMILES string of the molecule is CCSCCCNCC1(C)COC1. The van der Waals surface area contributed by atoms with E-state index in [0.29, 0.717) is 5.41 Å². The highest BCUT2D eigenvalue weighted by atomic mass is 32.2. The Kier molecular flexibility index (Phi) is 5.14. The Hall–Kier alpha value is 0.270. The molecule has 0 aliphatic carbocycles. The first-order chi connectivity index (χ1) is 6.27. The van der Waals surface area contributed by atoms with E-state index in [9.17, 15) is 0 Å². The topological polar surface area (TPSA) is 21.3 Å². The van der Waals surface area contributed by atoms with Crippen molar-refractivity contribution in [1.29, 1.82) is 0 Å². The van der Waals surface area contributed by atoms with Gasteiger partial charge in [-0.25, -0.2) is 0 Å². The van der Waals surface area contributed by atoms with E-state index in [2.05, 4.69) is 19.2 Å². The third-order valence-electron chi connectivity index (χ3n) is 2.30. The van der Waals surface area contributed by atoms with Gasteiger partial charge in [0.15, 0.2) is 0 Å². The van der Waals surface area contributed by atoms with Crippen LogP contribution in [0.3, 0.4) is 0 Å². The summed E-state index contributed by atoms with van der Waals surface area (Å²) in [5.41, 5.74) is 0.428. The average Bonchev–Trinajstić information content (AvgIpc) is 2.08. The summed E-state index contributed by atoms with van der Waals surface area (Å²) < 4.78 is 5.19. The third-order valence-corrected chi connectivity index (χ3v) is 3.28. The molecule has 13 heavy (non-hydrogen) atoms. The van der Waals surface area contributed by atoms with Gasteiger partial charge in [0, 0.05) is 12.0 Å². The van der Waals surface area contributed by atoms with Crippen molar-refractivity contribution >= 4 is 11.8 Å². The molecule has 1 rings (SSSR count). The fourth-order valence-corrected chi connectivity index (χ4v) is 2.02. The maximum Gasteiger partial charge on any atom is 0.0554 e. The van der Waals surface area contributed by atoms with Gasteiger partial charge in [0.1, 0.15) is 0 Å². The number of hydrogen-bond acceptors (Lipinski definition) is 3. The third kappa shape index (κ3) is 4.34. The molecule has 0 aromatic carbocycles. The highest BCUT2D eigenvalue weighted by Crippen LogP contribution is 2.24. The molecule has 1 aliphatic rings. The molecule has 1 N–H and O–H groups in total. The molecule has 0 saturated carbocycles. The van der Waals surface area contributed by atoms with Crippen LogP contribution < -0.4 is 5.32 Å². The van der Waals surface area contributed by atoms with Crippen molar-refractivity contribution in [3.8, 4) is 0 Å². The second-order valence-electron chi connectivity index (χ2n) is 4.03. The summed E-state index contributed by atoms with van der Waals surface area (Å²) >= 11 is 2.02. The van der Waals surface area contributed by atoms with E-state index in [0.717, 1.165) is 26.3 Å². The molecule has 2 nitrogen and oxygen atoms in total. The van der Waals surface area contributed by atoms with Crippen molar-refractivity contribution in [3.05, 3.63) is 0 Å².